The van der Waals surface area contributed by atoms with Gasteiger partial charge in [0.05, 0.1) is 18.1 Å². The SMILES string of the molecule is CC(C)OC1(CC(=O)O)CCCC1. The standard InChI is InChI=1S/C10H18O3/c1-8(2)13-10(7-9(11)12)5-3-4-6-10/h8H,3-7H2,1-2H3,(H,11,12). The summed E-state index contributed by atoms with van der Waals surface area (Å²) in [5, 5.41) is 8.77. The van der Waals surface area contributed by atoms with Crippen LogP contribution in [0.4, 0.5) is 0 Å². The summed E-state index contributed by atoms with van der Waals surface area (Å²) in [4.78, 5) is 10.7. The maximum absolute atomic E-state index is 10.7. The molecule has 0 unspecified atom stereocenters. The highest BCUT2D eigenvalue weighted by Gasteiger charge is 2.37. The van der Waals surface area contributed by atoms with E-state index in [1.165, 1.54) is 0 Å². The third-order valence-corrected chi connectivity index (χ3v) is 2.47. The molecular weight excluding hydrogens is 168 g/mol. The van der Waals surface area contributed by atoms with Gasteiger partial charge >= 0.3 is 5.97 Å². The van der Waals surface area contributed by atoms with Gasteiger partial charge in [0.25, 0.3) is 0 Å². The summed E-state index contributed by atoms with van der Waals surface area (Å²) in [6, 6.07) is 0. The molecule has 0 amide bonds. The topological polar surface area (TPSA) is 46.5 Å². The first-order valence-electron chi connectivity index (χ1n) is 4.94. The van der Waals surface area contributed by atoms with Crippen molar-refractivity contribution in [3.05, 3.63) is 0 Å². The van der Waals surface area contributed by atoms with Crippen molar-refractivity contribution in [1.82, 2.24) is 0 Å². The summed E-state index contributed by atoms with van der Waals surface area (Å²) >= 11 is 0. The molecule has 0 spiro atoms. The van der Waals surface area contributed by atoms with Crippen LogP contribution in [0.15, 0.2) is 0 Å². The molecule has 0 aromatic rings. The van der Waals surface area contributed by atoms with E-state index in [1.54, 1.807) is 0 Å². The van der Waals surface area contributed by atoms with E-state index >= 15 is 0 Å². The molecule has 1 saturated carbocycles. The number of carboxylic acid groups (broad SMARTS) is 1. The number of ether oxygens (including phenoxy) is 1. The minimum absolute atomic E-state index is 0.123. The summed E-state index contributed by atoms with van der Waals surface area (Å²) in [6.07, 6.45) is 4.28. The molecule has 13 heavy (non-hydrogen) atoms. The third-order valence-electron chi connectivity index (χ3n) is 2.47. The third kappa shape index (κ3) is 2.99. The van der Waals surface area contributed by atoms with E-state index in [9.17, 15) is 4.79 Å². The van der Waals surface area contributed by atoms with Crippen LogP contribution in [0, 0.1) is 0 Å². The summed E-state index contributed by atoms with van der Waals surface area (Å²) in [6.45, 7) is 3.92. The smallest absolute Gasteiger partial charge is 0.306 e. The molecule has 76 valence electrons. The Morgan fingerprint density at radius 3 is 2.38 bits per heavy atom. The van der Waals surface area contributed by atoms with Crippen LogP contribution < -0.4 is 0 Å². The van der Waals surface area contributed by atoms with Crippen molar-refractivity contribution in [2.24, 2.45) is 0 Å². The Morgan fingerprint density at radius 2 is 2.00 bits per heavy atom. The molecule has 3 nitrogen and oxygen atoms in total. The monoisotopic (exact) mass is 186 g/mol. The first kappa shape index (κ1) is 10.5. The highest BCUT2D eigenvalue weighted by atomic mass is 16.5. The Bertz CT molecular complexity index is 181. The first-order chi connectivity index (χ1) is 6.04. The number of carbonyl (C=O) groups is 1. The molecule has 3 heteroatoms. The molecule has 1 aliphatic carbocycles. The second kappa shape index (κ2) is 4.09. The van der Waals surface area contributed by atoms with Crippen molar-refractivity contribution < 1.29 is 14.6 Å². The summed E-state index contributed by atoms with van der Waals surface area (Å²) in [5.74, 6) is -0.748. The Labute approximate surface area is 79.1 Å². The van der Waals surface area contributed by atoms with Gasteiger partial charge in [-0.15, -0.1) is 0 Å². The van der Waals surface area contributed by atoms with Gasteiger partial charge in [-0.1, -0.05) is 12.8 Å². The van der Waals surface area contributed by atoms with Gasteiger partial charge in [0.1, 0.15) is 0 Å². The van der Waals surface area contributed by atoms with Crippen molar-refractivity contribution in [2.75, 3.05) is 0 Å². The molecule has 0 aliphatic heterocycles. The molecule has 1 aliphatic rings. The van der Waals surface area contributed by atoms with Crippen LogP contribution in [0.5, 0.6) is 0 Å². The van der Waals surface area contributed by atoms with E-state index in [4.69, 9.17) is 9.84 Å². The van der Waals surface area contributed by atoms with Crippen LogP contribution in [-0.2, 0) is 9.53 Å². The van der Waals surface area contributed by atoms with E-state index in [2.05, 4.69) is 0 Å². The molecule has 1 rings (SSSR count). The Morgan fingerprint density at radius 1 is 1.46 bits per heavy atom. The lowest BCUT2D eigenvalue weighted by molar-refractivity contribution is -0.148. The van der Waals surface area contributed by atoms with Gasteiger partial charge in [-0.3, -0.25) is 4.79 Å². The maximum Gasteiger partial charge on any atom is 0.306 e. The van der Waals surface area contributed by atoms with Crippen molar-refractivity contribution >= 4 is 5.97 Å². The number of aliphatic carboxylic acids is 1. The van der Waals surface area contributed by atoms with Crippen LogP contribution in [0.25, 0.3) is 0 Å². The predicted octanol–water partition coefficient (Wildman–Crippen LogP) is 2.20. The maximum atomic E-state index is 10.7. The van der Waals surface area contributed by atoms with Gasteiger partial charge < -0.3 is 9.84 Å². The van der Waals surface area contributed by atoms with Crippen LogP contribution >= 0.6 is 0 Å². The van der Waals surface area contributed by atoms with Crippen LogP contribution in [-0.4, -0.2) is 22.8 Å². The van der Waals surface area contributed by atoms with Gasteiger partial charge in [0.15, 0.2) is 0 Å². The minimum atomic E-state index is -0.748. The lowest BCUT2D eigenvalue weighted by Gasteiger charge is -2.29. The molecular formula is C10H18O3. The number of carboxylic acids is 1. The number of rotatable bonds is 4. The Balaban J connectivity index is 2.57. The van der Waals surface area contributed by atoms with Gasteiger partial charge in [0.2, 0.25) is 0 Å². The Hall–Kier alpha value is -0.570. The molecule has 1 N–H and O–H groups in total. The molecule has 0 saturated heterocycles. The zero-order chi connectivity index (χ0) is 9.90. The molecule has 0 aromatic carbocycles. The fourth-order valence-electron chi connectivity index (χ4n) is 2.13. The first-order valence-corrected chi connectivity index (χ1v) is 4.94. The van der Waals surface area contributed by atoms with Gasteiger partial charge in [-0.2, -0.15) is 0 Å². The van der Waals surface area contributed by atoms with Crippen molar-refractivity contribution in [1.29, 1.82) is 0 Å². The lowest BCUT2D eigenvalue weighted by Crippen LogP contribution is -2.34. The van der Waals surface area contributed by atoms with E-state index in [0.717, 1.165) is 25.7 Å². The van der Waals surface area contributed by atoms with Crippen LogP contribution in [0.3, 0.4) is 0 Å². The van der Waals surface area contributed by atoms with E-state index < -0.39 is 5.97 Å². The summed E-state index contributed by atoms with van der Waals surface area (Å²) in [7, 11) is 0. The fraction of sp³-hybridized carbons (Fsp3) is 0.900. The summed E-state index contributed by atoms with van der Waals surface area (Å²) in [5.41, 5.74) is -0.361. The second-order valence-electron chi connectivity index (χ2n) is 4.13. The van der Waals surface area contributed by atoms with E-state index in [1.807, 2.05) is 13.8 Å². The zero-order valence-electron chi connectivity index (χ0n) is 8.38. The van der Waals surface area contributed by atoms with Crippen molar-refractivity contribution in [3.63, 3.8) is 0 Å². The lowest BCUT2D eigenvalue weighted by atomic mass is 9.97. The average molecular weight is 186 g/mol. The van der Waals surface area contributed by atoms with E-state index in [-0.39, 0.29) is 18.1 Å². The van der Waals surface area contributed by atoms with Gasteiger partial charge in [0, 0.05) is 0 Å². The Kier molecular flexibility index (Phi) is 3.31. The highest BCUT2D eigenvalue weighted by Crippen LogP contribution is 2.36. The molecule has 0 bridgehead atoms. The van der Waals surface area contributed by atoms with Gasteiger partial charge in [-0.05, 0) is 26.7 Å². The van der Waals surface area contributed by atoms with Gasteiger partial charge in [-0.25, -0.2) is 0 Å². The molecule has 0 radical (unpaired) electrons. The average Bonchev–Trinajstić information content (AvgIpc) is 2.33. The second-order valence-corrected chi connectivity index (χ2v) is 4.13. The van der Waals surface area contributed by atoms with E-state index in [0.29, 0.717) is 0 Å². The zero-order valence-corrected chi connectivity index (χ0v) is 8.38. The highest BCUT2D eigenvalue weighted by molar-refractivity contribution is 5.68. The normalized spacial score (nSPS) is 20.8. The minimum Gasteiger partial charge on any atom is -0.481 e. The van der Waals surface area contributed by atoms with Crippen molar-refractivity contribution in [3.8, 4) is 0 Å². The predicted molar refractivity (Wildman–Crippen MR) is 49.7 cm³/mol. The van der Waals surface area contributed by atoms with Crippen LogP contribution in [0.2, 0.25) is 0 Å². The molecule has 0 aromatic heterocycles. The molecule has 0 atom stereocenters. The van der Waals surface area contributed by atoms with Crippen LogP contribution in [0.1, 0.15) is 46.0 Å². The quantitative estimate of drug-likeness (QED) is 0.732. The molecule has 1 fully saturated rings. The summed E-state index contributed by atoms with van der Waals surface area (Å²) < 4.78 is 5.73. The largest absolute Gasteiger partial charge is 0.481 e. The van der Waals surface area contributed by atoms with Crippen molar-refractivity contribution in [2.45, 2.75) is 57.7 Å². The number of hydrogen-bond acceptors (Lipinski definition) is 2. The fourth-order valence-corrected chi connectivity index (χ4v) is 2.13. The molecule has 0 heterocycles. The number of hydrogen-bond donors (Lipinski definition) is 1.